The molecule has 0 aliphatic carbocycles. The third kappa shape index (κ3) is 4.23. The highest BCUT2D eigenvalue weighted by atomic mass is 31.2. The molecule has 0 aliphatic heterocycles. The average Bonchev–Trinajstić information content (AvgIpc) is 2.03. The van der Waals surface area contributed by atoms with Crippen LogP contribution in [0.1, 0.15) is 34.6 Å². The van der Waals surface area contributed by atoms with E-state index in [0.717, 1.165) is 0 Å². The quantitative estimate of drug-likeness (QED) is 0.508. The predicted molar refractivity (Wildman–Crippen MR) is 57.4 cm³/mol. The highest BCUT2D eigenvalue weighted by molar-refractivity contribution is 7.44. The zero-order valence-corrected chi connectivity index (χ0v) is 10.4. The van der Waals surface area contributed by atoms with E-state index < -0.39 is 8.53 Å². The van der Waals surface area contributed by atoms with Crippen molar-refractivity contribution in [2.24, 2.45) is 0 Å². The van der Waals surface area contributed by atoms with Crippen LogP contribution in [-0.2, 0) is 9.05 Å². The molecule has 0 aromatic rings. The molecule has 4 nitrogen and oxygen atoms in total. The molecule has 0 rings (SSSR count). The van der Waals surface area contributed by atoms with Crippen LogP contribution in [0.3, 0.4) is 0 Å². The number of rotatable bonds is 6. The van der Waals surface area contributed by atoms with E-state index in [1.165, 1.54) is 0 Å². The largest absolute Gasteiger partial charge is 0.362 e. The van der Waals surface area contributed by atoms with Crippen LogP contribution in [-0.4, -0.2) is 23.4 Å². The van der Waals surface area contributed by atoms with Crippen molar-refractivity contribution in [1.29, 1.82) is 5.26 Å². The van der Waals surface area contributed by atoms with E-state index in [1.54, 1.807) is 6.26 Å². The van der Waals surface area contributed by atoms with E-state index in [-0.39, 0.29) is 0 Å². The van der Waals surface area contributed by atoms with Gasteiger partial charge in [-0.3, -0.25) is 0 Å². The van der Waals surface area contributed by atoms with Gasteiger partial charge in [0.05, 0.1) is 6.61 Å². The van der Waals surface area contributed by atoms with Crippen LogP contribution in [0.15, 0.2) is 0 Å². The minimum absolute atomic E-state index is 0.306. The molecule has 0 fully saturated rings. The van der Waals surface area contributed by atoms with Gasteiger partial charge in [-0.05, 0) is 34.6 Å². The van der Waals surface area contributed by atoms with Crippen LogP contribution in [0, 0.1) is 11.5 Å². The van der Waals surface area contributed by atoms with E-state index in [1.807, 2.05) is 6.92 Å². The number of hydrogen-bond donors (Lipinski definition) is 0. The zero-order chi connectivity index (χ0) is 11.1. The highest BCUT2D eigenvalue weighted by Crippen LogP contribution is 2.45. The molecule has 0 spiro atoms. The second-order valence-electron chi connectivity index (χ2n) is 3.41. The molecule has 0 heterocycles. The average molecular weight is 218 g/mol. The molecule has 0 saturated carbocycles. The fourth-order valence-corrected chi connectivity index (χ4v) is 2.58. The van der Waals surface area contributed by atoms with Crippen LogP contribution in [0.2, 0.25) is 0 Å². The van der Waals surface area contributed by atoms with Gasteiger partial charge in [-0.25, -0.2) is 4.67 Å². The van der Waals surface area contributed by atoms with Crippen molar-refractivity contribution in [3.63, 3.8) is 0 Å². The van der Waals surface area contributed by atoms with Gasteiger partial charge in [0.1, 0.15) is 0 Å². The van der Waals surface area contributed by atoms with Crippen LogP contribution in [0.25, 0.3) is 0 Å². The van der Waals surface area contributed by atoms with Crippen molar-refractivity contribution in [2.45, 2.75) is 46.7 Å². The second kappa shape index (κ2) is 7.00. The molecule has 0 aromatic carbocycles. The van der Waals surface area contributed by atoms with Gasteiger partial charge in [-0.1, -0.05) is 0 Å². The van der Waals surface area contributed by atoms with E-state index >= 15 is 0 Å². The maximum atomic E-state index is 8.51. The minimum Gasteiger partial charge on any atom is -0.362 e. The lowest BCUT2D eigenvalue weighted by molar-refractivity contribution is 0.216. The fraction of sp³-hybridized carbons (Fsp3) is 0.889. The van der Waals surface area contributed by atoms with Gasteiger partial charge in [0.25, 0.3) is 6.26 Å². The van der Waals surface area contributed by atoms with Crippen molar-refractivity contribution in [3.05, 3.63) is 0 Å². The van der Waals surface area contributed by atoms with Crippen LogP contribution in [0.4, 0.5) is 0 Å². The second-order valence-corrected chi connectivity index (χ2v) is 4.78. The molecule has 0 radical (unpaired) electrons. The maximum absolute atomic E-state index is 8.51. The number of hydrogen-bond acceptors (Lipinski definition) is 4. The summed E-state index contributed by atoms with van der Waals surface area (Å²) in [5, 5.41) is 8.51. The van der Waals surface area contributed by atoms with Gasteiger partial charge in [0.2, 0.25) is 0 Å². The standard InChI is InChI=1S/C9H19N2O2P/c1-6-12-14(13-7-10)11(8(2)3)9(4)5/h8-9H,6H2,1-5H3. The summed E-state index contributed by atoms with van der Waals surface area (Å²) < 4.78 is 12.4. The molecule has 0 saturated heterocycles. The third-order valence-electron chi connectivity index (χ3n) is 1.61. The lowest BCUT2D eigenvalue weighted by atomic mass is 10.3. The van der Waals surface area contributed by atoms with Crippen molar-refractivity contribution in [2.75, 3.05) is 6.61 Å². The van der Waals surface area contributed by atoms with Gasteiger partial charge in [-0.2, -0.15) is 0 Å². The first-order valence-corrected chi connectivity index (χ1v) is 5.94. The first-order valence-electron chi connectivity index (χ1n) is 4.81. The molecule has 0 aliphatic rings. The van der Waals surface area contributed by atoms with Gasteiger partial charge < -0.3 is 9.05 Å². The molecule has 0 bridgehead atoms. The Morgan fingerprint density at radius 1 is 1.29 bits per heavy atom. The molecule has 14 heavy (non-hydrogen) atoms. The molecular weight excluding hydrogens is 199 g/mol. The van der Waals surface area contributed by atoms with Crippen molar-refractivity contribution in [1.82, 2.24) is 4.67 Å². The summed E-state index contributed by atoms with van der Waals surface area (Å²) in [6.07, 6.45) is 1.70. The highest BCUT2D eigenvalue weighted by Gasteiger charge is 2.27. The van der Waals surface area contributed by atoms with Gasteiger partial charge in [0.15, 0.2) is 0 Å². The van der Waals surface area contributed by atoms with Gasteiger partial charge in [-0.15, -0.1) is 5.26 Å². The summed E-state index contributed by atoms with van der Waals surface area (Å²) in [7, 11) is -1.23. The van der Waals surface area contributed by atoms with E-state index in [4.69, 9.17) is 14.3 Å². The van der Waals surface area contributed by atoms with E-state index in [9.17, 15) is 0 Å². The Morgan fingerprint density at radius 2 is 1.79 bits per heavy atom. The molecule has 5 heteroatoms. The molecule has 0 aromatic heterocycles. The van der Waals surface area contributed by atoms with Crippen LogP contribution >= 0.6 is 8.53 Å². The van der Waals surface area contributed by atoms with Crippen molar-refractivity contribution in [3.8, 4) is 6.26 Å². The van der Waals surface area contributed by atoms with Crippen molar-refractivity contribution >= 4 is 8.53 Å². The molecule has 1 unspecified atom stereocenters. The Kier molecular flexibility index (Phi) is 6.82. The summed E-state index contributed by atoms with van der Waals surface area (Å²) in [5.74, 6) is 0. The summed E-state index contributed by atoms with van der Waals surface area (Å²) in [4.78, 5) is 0. The van der Waals surface area contributed by atoms with Crippen molar-refractivity contribution < 1.29 is 9.05 Å². The third-order valence-corrected chi connectivity index (χ3v) is 3.62. The zero-order valence-electron chi connectivity index (χ0n) is 9.52. The summed E-state index contributed by atoms with van der Waals surface area (Å²) in [5.41, 5.74) is 0. The maximum Gasteiger partial charge on any atom is 0.332 e. The lowest BCUT2D eigenvalue weighted by Gasteiger charge is -2.33. The smallest absolute Gasteiger partial charge is 0.332 e. The minimum atomic E-state index is -1.23. The molecular formula is C9H19N2O2P. The van der Waals surface area contributed by atoms with Crippen LogP contribution in [0.5, 0.6) is 0 Å². The summed E-state index contributed by atoms with van der Waals surface area (Å²) >= 11 is 0. The monoisotopic (exact) mass is 218 g/mol. The SMILES string of the molecule is CCOP(OC#N)N(C(C)C)C(C)C. The Balaban J connectivity index is 4.47. The number of nitriles is 1. The molecule has 82 valence electrons. The molecule has 0 N–H and O–H groups in total. The van der Waals surface area contributed by atoms with E-state index in [2.05, 4.69) is 32.4 Å². The lowest BCUT2D eigenvalue weighted by Crippen LogP contribution is -2.33. The first-order chi connectivity index (χ1) is 6.54. The molecule has 1 atom stereocenters. The topological polar surface area (TPSA) is 45.5 Å². The summed E-state index contributed by atoms with van der Waals surface area (Å²) in [6.45, 7) is 10.7. The van der Waals surface area contributed by atoms with Crippen LogP contribution < -0.4 is 0 Å². The fourth-order valence-electron chi connectivity index (χ4n) is 1.26. The number of nitrogens with zero attached hydrogens (tertiary/aromatic N) is 2. The Labute approximate surface area is 87.8 Å². The van der Waals surface area contributed by atoms with Gasteiger partial charge >= 0.3 is 8.53 Å². The Morgan fingerprint density at radius 3 is 2.07 bits per heavy atom. The van der Waals surface area contributed by atoms with E-state index in [0.29, 0.717) is 18.7 Å². The summed E-state index contributed by atoms with van der Waals surface area (Å²) in [6, 6.07) is 0.613. The normalized spacial score (nSPS) is 13.4. The first kappa shape index (κ1) is 13.6. The van der Waals surface area contributed by atoms with Gasteiger partial charge in [0, 0.05) is 12.1 Å². The predicted octanol–water partition coefficient (Wildman–Crippen LogP) is 2.87. The Bertz CT molecular complexity index is 184. The molecule has 0 amide bonds. The Hall–Kier alpha value is -0.360.